The summed E-state index contributed by atoms with van der Waals surface area (Å²) in [5.41, 5.74) is 0.0285. The van der Waals surface area contributed by atoms with Crippen LogP contribution in [0.15, 0.2) is 10.6 Å². The molecule has 4 aliphatic heterocycles. The molecule has 0 aromatic rings. The minimum atomic E-state index is -1.13. The highest BCUT2D eigenvalue weighted by molar-refractivity contribution is 8.03. The molecular weight excluding hydrogens is 434 g/mol. The Balaban J connectivity index is 1.42. The fourth-order valence-corrected chi connectivity index (χ4v) is 6.90. The number of carboxylic acid groups (broad SMARTS) is 1. The lowest BCUT2D eigenvalue weighted by atomic mass is 9.79. The molecular formula is C21H31N5O5S. The van der Waals surface area contributed by atoms with Gasteiger partial charge in [-0.25, -0.2) is 4.79 Å². The van der Waals surface area contributed by atoms with Crippen molar-refractivity contribution in [2.45, 2.75) is 56.7 Å². The molecule has 0 radical (unpaired) electrons. The normalized spacial score (nSPS) is 35.6. The number of hydrogen-bond donors (Lipinski definition) is 4. The van der Waals surface area contributed by atoms with E-state index in [-0.39, 0.29) is 46.8 Å². The maximum atomic E-state index is 13.0. The van der Waals surface area contributed by atoms with Crippen LogP contribution in [0.3, 0.4) is 0 Å². The van der Waals surface area contributed by atoms with E-state index in [1.54, 1.807) is 6.92 Å². The van der Waals surface area contributed by atoms with Gasteiger partial charge in [0.2, 0.25) is 11.8 Å². The molecule has 10 nitrogen and oxygen atoms in total. The van der Waals surface area contributed by atoms with Crippen molar-refractivity contribution < 1.29 is 24.6 Å². The highest BCUT2D eigenvalue weighted by Gasteiger charge is 2.60. The summed E-state index contributed by atoms with van der Waals surface area (Å²) in [7, 11) is 0. The Morgan fingerprint density at radius 1 is 1.31 bits per heavy atom. The molecule has 4 rings (SSSR count). The number of aliphatic carboxylic acids is 1. The molecule has 3 saturated heterocycles. The first kappa shape index (κ1) is 23.1. The zero-order valence-electron chi connectivity index (χ0n) is 18.5. The van der Waals surface area contributed by atoms with Crippen molar-refractivity contribution in [3.8, 4) is 0 Å². The van der Waals surface area contributed by atoms with Gasteiger partial charge in [0.1, 0.15) is 5.70 Å². The number of aliphatic hydroxyl groups excluding tert-OH is 1. The molecule has 2 amide bonds. The fraction of sp³-hybridized carbons (Fsp3) is 0.714. The number of carbonyl (C=O) groups is 3. The van der Waals surface area contributed by atoms with Crippen LogP contribution in [0.4, 0.5) is 0 Å². The Bertz CT molecular complexity index is 864. The maximum Gasteiger partial charge on any atom is 0.353 e. The third-order valence-electron chi connectivity index (χ3n) is 7.15. The van der Waals surface area contributed by atoms with Gasteiger partial charge in [-0.05, 0) is 20.3 Å². The van der Waals surface area contributed by atoms with Crippen LogP contribution in [-0.2, 0) is 14.4 Å². The molecule has 4 heterocycles. The number of nitrogens with zero attached hydrogens (tertiary/aromatic N) is 3. The zero-order valence-corrected chi connectivity index (χ0v) is 19.3. The Hall–Kier alpha value is -2.11. The molecule has 4 N–H and O–H groups in total. The summed E-state index contributed by atoms with van der Waals surface area (Å²) in [5, 5.41) is 30.5. The van der Waals surface area contributed by atoms with E-state index in [4.69, 9.17) is 5.41 Å². The van der Waals surface area contributed by atoms with E-state index < -0.39 is 18.0 Å². The number of aliphatic hydroxyl groups is 1. The zero-order chi connectivity index (χ0) is 23.3. The van der Waals surface area contributed by atoms with Crippen molar-refractivity contribution in [1.29, 1.82) is 5.41 Å². The van der Waals surface area contributed by atoms with Gasteiger partial charge in [-0.15, -0.1) is 11.8 Å². The molecule has 4 aliphatic rings. The number of carboxylic acids is 1. The quantitative estimate of drug-likeness (QED) is 0.239. The predicted octanol–water partition coefficient (Wildman–Crippen LogP) is -0.256. The Morgan fingerprint density at radius 2 is 2.03 bits per heavy atom. The molecule has 0 aromatic heterocycles. The second-order valence-electron chi connectivity index (χ2n) is 9.21. The summed E-state index contributed by atoms with van der Waals surface area (Å²) < 4.78 is 0. The highest BCUT2D eigenvalue weighted by atomic mass is 32.2. The van der Waals surface area contributed by atoms with Crippen molar-refractivity contribution >= 4 is 35.9 Å². The van der Waals surface area contributed by atoms with Crippen LogP contribution in [0.2, 0.25) is 0 Å². The third kappa shape index (κ3) is 3.69. The van der Waals surface area contributed by atoms with Gasteiger partial charge >= 0.3 is 5.97 Å². The van der Waals surface area contributed by atoms with Crippen LogP contribution in [0.5, 0.6) is 0 Å². The number of thioether (sulfide) groups is 1. The SMILES string of the molecule is C[C@@H](O)[C@H]1C(=O)N2C(C(=O)O)=C(S[C@@H]3CN[C@H](C(=O)N4CCN(C=N)[C@@H](C)C4)C3)[C@H](C)[C@H]12. The van der Waals surface area contributed by atoms with E-state index in [9.17, 15) is 24.6 Å². The summed E-state index contributed by atoms with van der Waals surface area (Å²) in [6.07, 6.45) is 1.08. The van der Waals surface area contributed by atoms with E-state index >= 15 is 0 Å². The average molecular weight is 466 g/mol. The van der Waals surface area contributed by atoms with Crippen LogP contribution in [0, 0.1) is 17.2 Å². The standard InChI is InChI=1S/C21H31N5O5S/c1-10-8-24(4-5-25(10)9-22)19(28)14-6-13(7-23-14)32-18-11(2)16-15(12(3)27)20(29)26(16)17(18)21(30)31/h9-16,22-23,27H,4-8H2,1-3H3,(H,30,31)/t10-,11+,12+,13-,14-,15+,16+/m0/s1. The molecule has 0 aliphatic carbocycles. The molecule has 0 unspecified atom stereocenters. The monoisotopic (exact) mass is 465 g/mol. The molecule has 7 atom stereocenters. The molecule has 0 spiro atoms. The predicted molar refractivity (Wildman–Crippen MR) is 119 cm³/mol. The molecule has 11 heteroatoms. The van der Waals surface area contributed by atoms with E-state index in [0.717, 1.165) is 0 Å². The van der Waals surface area contributed by atoms with Crippen molar-refractivity contribution in [1.82, 2.24) is 20.0 Å². The van der Waals surface area contributed by atoms with Crippen molar-refractivity contribution in [2.75, 3.05) is 26.2 Å². The van der Waals surface area contributed by atoms with Crippen molar-refractivity contribution in [2.24, 2.45) is 11.8 Å². The van der Waals surface area contributed by atoms with Gasteiger partial charge in [0.25, 0.3) is 0 Å². The van der Waals surface area contributed by atoms with E-state index in [0.29, 0.717) is 37.5 Å². The molecule has 0 aromatic carbocycles. The number of β-lactam (4-membered cyclic amide) rings is 1. The number of nitrogens with one attached hydrogen (secondary N) is 2. The number of fused-ring (bicyclic) bond motifs is 1. The number of piperazine rings is 1. The summed E-state index contributed by atoms with van der Waals surface area (Å²) in [4.78, 5) is 43.3. The van der Waals surface area contributed by atoms with Crippen LogP contribution < -0.4 is 5.32 Å². The van der Waals surface area contributed by atoms with Gasteiger partial charge < -0.3 is 30.2 Å². The molecule has 176 valence electrons. The number of hydrogen-bond acceptors (Lipinski definition) is 7. The van der Waals surface area contributed by atoms with E-state index in [1.807, 2.05) is 23.6 Å². The molecule has 3 fully saturated rings. The number of rotatable bonds is 6. The minimum Gasteiger partial charge on any atom is -0.477 e. The van der Waals surface area contributed by atoms with Crippen molar-refractivity contribution in [3.63, 3.8) is 0 Å². The maximum absolute atomic E-state index is 13.0. The highest BCUT2D eigenvalue weighted by Crippen LogP contribution is 2.51. The molecule has 0 bridgehead atoms. The molecule has 32 heavy (non-hydrogen) atoms. The van der Waals surface area contributed by atoms with Crippen LogP contribution in [-0.4, -0.2) is 105 Å². The average Bonchev–Trinajstić information content (AvgIpc) is 3.29. The van der Waals surface area contributed by atoms with Gasteiger partial charge in [0.05, 0.1) is 30.4 Å². The largest absolute Gasteiger partial charge is 0.477 e. The first-order chi connectivity index (χ1) is 15.1. The second kappa shape index (κ2) is 8.68. The topological polar surface area (TPSA) is 137 Å². The fourth-order valence-electron chi connectivity index (χ4n) is 5.42. The smallest absolute Gasteiger partial charge is 0.353 e. The summed E-state index contributed by atoms with van der Waals surface area (Å²) in [6.45, 7) is 7.86. The minimum absolute atomic E-state index is 0.0230. The number of amides is 2. The first-order valence-electron chi connectivity index (χ1n) is 11.1. The van der Waals surface area contributed by atoms with E-state index in [1.165, 1.54) is 23.0 Å². The Kier molecular flexibility index (Phi) is 6.25. The lowest BCUT2D eigenvalue weighted by Gasteiger charge is -2.46. The molecule has 0 saturated carbocycles. The van der Waals surface area contributed by atoms with Gasteiger partial charge in [0.15, 0.2) is 0 Å². The van der Waals surface area contributed by atoms with Crippen LogP contribution in [0.25, 0.3) is 0 Å². The summed E-state index contributed by atoms with van der Waals surface area (Å²) in [5.74, 6) is -2.16. The van der Waals surface area contributed by atoms with Crippen LogP contribution >= 0.6 is 11.8 Å². The van der Waals surface area contributed by atoms with Crippen molar-refractivity contribution in [3.05, 3.63) is 10.6 Å². The van der Waals surface area contributed by atoms with Crippen LogP contribution in [0.1, 0.15) is 27.2 Å². The van der Waals surface area contributed by atoms with E-state index in [2.05, 4.69) is 5.32 Å². The van der Waals surface area contributed by atoms with Gasteiger partial charge in [-0.3, -0.25) is 15.0 Å². The summed E-state index contributed by atoms with van der Waals surface area (Å²) in [6, 6.07) is -0.543. The second-order valence-corrected chi connectivity index (χ2v) is 10.6. The van der Waals surface area contributed by atoms with Gasteiger partial charge in [0, 0.05) is 48.3 Å². The number of carbonyl (C=O) groups excluding carboxylic acids is 2. The summed E-state index contributed by atoms with van der Waals surface area (Å²) >= 11 is 1.45. The third-order valence-corrected chi connectivity index (χ3v) is 8.66. The van der Waals surface area contributed by atoms with Gasteiger partial charge in [-0.2, -0.15) is 0 Å². The first-order valence-corrected chi connectivity index (χ1v) is 12.0. The Morgan fingerprint density at radius 3 is 2.62 bits per heavy atom. The lowest BCUT2D eigenvalue weighted by Crippen LogP contribution is -2.63. The Labute approximate surface area is 191 Å². The lowest BCUT2D eigenvalue weighted by molar-refractivity contribution is -0.163. The van der Waals surface area contributed by atoms with Gasteiger partial charge in [-0.1, -0.05) is 6.92 Å².